The van der Waals surface area contributed by atoms with E-state index in [1.807, 2.05) is 36.4 Å². The lowest BCUT2D eigenvalue weighted by Gasteiger charge is -2.27. The Bertz CT molecular complexity index is 587. The van der Waals surface area contributed by atoms with Crippen LogP contribution in [0.3, 0.4) is 0 Å². The zero-order chi connectivity index (χ0) is 15.0. The summed E-state index contributed by atoms with van der Waals surface area (Å²) in [5, 5.41) is 4.68. The Labute approximate surface area is 132 Å². The summed E-state index contributed by atoms with van der Waals surface area (Å²) in [7, 11) is 0. The molecule has 0 atom stereocenters. The van der Waals surface area contributed by atoms with Crippen molar-refractivity contribution in [1.29, 1.82) is 0 Å². The summed E-state index contributed by atoms with van der Waals surface area (Å²) in [4.78, 5) is 2.50. The number of rotatable bonds is 5. The lowest BCUT2D eigenvalue weighted by atomic mass is 10.1. The molecule has 0 unspecified atom stereocenters. The molecule has 0 aromatic heterocycles. The van der Waals surface area contributed by atoms with Crippen molar-refractivity contribution in [2.75, 3.05) is 25.1 Å². The van der Waals surface area contributed by atoms with E-state index in [2.05, 4.69) is 39.7 Å². The van der Waals surface area contributed by atoms with Crippen LogP contribution in [0.4, 0.5) is 5.69 Å². The van der Waals surface area contributed by atoms with Crippen LogP contribution in [0.5, 0.6) is 0 Å². The van der Waals surface area contributed by atoms with Gasteiger partial charge in [-0.15, -0.1) is 0 Å². The summed E-state index contributed by atoms with van der Waals surface area (Å²) in [5.74, 6) is 0. The van der Waals surface area contributed by atoms with E-state index in [0.29, 0.717) is 0 Å². The molecule has 0 radical (unpaired) electrons. The van der Waals surface area contributed by atoms with Crippen molar-refractivity contribution in [3.8, 4) is 0 Å². The summed E-state index contributed by atoms with van der Waals surface area (Å²) in [6.45, 7) is 3.26. The second-order valence-corrected chi connectivity index (χ2v) is 5.74. The Morgan fingerprint density at radius 2 is 1.50 bits per heavy atom. The van der Waals surface area contributed by atoms with Crippen molar-refractivity contribution in [2.24, 2.45) is 5.10 Å². The van der Waals surface area contributed by atoms with Gasteiger partial charge in [0.1, 0.15) is 0 Å². The third-order valence-corrected chi connectivity index (χ3v) is 4.02. The van der Waals surface area contributed by atoms with Gasteiger partial charge in [0.2, 0.25) is 0 Å². The number of hydrazone groups is 1. The molecular formula is C19H23N3. The van der Waals surface area contributed by atoms with Gasteiger partial charge in [0.05, 0.1) is 11.4 Å². The monoisotopic (exact) mass is 293 g/mol. The van der Waals surface area contributed by atoms with Gasteiger partial charge in [-0.1, -0.05) is 55.0 Å². The third-order valence-electron chi connectivity index (χ3n) is 4.02. The summed E-state index contributed by atoms with van der Waals surface area (Å²) in [5.41, 5.74) is 6.51. The molecule has 1 aliphatic heterocycles. The average molecular weight is 293 g/mol. The first-order chi connectivity index (χ1) is 10.9. The van der Waals surface area contributed by atoms with E-state index < -0.39 is 0 Å². The number of likely N-dealkylation sites (tertiary alicyclic amines) is 1. The SMILES string of the molecule is c1ccc(N/N=C(/CN2CCCCC2)c2ccccc2)cc1. The van der Waals surface area contributed by atoms with Gasteiger partial charge in [0, 0.05) is 6.54 Å². The van der Waals surface area contributed by atoms with Crippen molar-refractivity contribution in [1.82, 2.24) is 4.90 Å². The second-order valence-electron chi connectivity index (χ2n) is 5.74. The highest BCUT2D eigenvalue weighted by Gasteiger charge is 2.14. The second kappa shape index (κ2) is 7.76. The highest BCUT2D eigenvalue weighted by Crippen LogP contribution is 2.12. The van der Waals surface area contributed by atoms with Gasteiger partial charge >= 0.3 is 0 Å². The Hall–Kier alpha value is -2.13. The van der Waals surface area contributed by atoms with Crippen LogP contribution in [-0.2, 0) is 0 Å². The standard InChI is InChI=1S/C19H23N3/c1-4-10-17(11-5-1)19(16-22-14-8-3-9-15-22)21-20-18-12-6-2-7-13-18/h1-2,4-7,10-13,20H,3,8-9,14-16H2/b21-19-. The summed E-state index contributed by atoms with van der Waals surface area (Å²) < 4.78 is 0. The van der Waals surface area contributed by atoms with Gasteiger partial charge in [0.15, 0.2) is 0 Å². The number of hydrogen-bond acceptors (Lipinski definition) is 3. The quantitative estimate of drug-likeness (QED) is 0.667. The molecule has 1 saturated heterocycles. The first kappa shape index (κ1) is 14.8. The molecule has 2 aromatic rings. The molecule has 1 N–H and O–H groups in total. The number of nitrogens with one attached hydrogen (secondary N) is 1. The zero-order valence-corrected chi connectivity index (χ0v) is 12.9. The molecule has 0 amide bonds. The number of benzene rings is 2. The molecule has 0 bridgehead atoms. The molecule has 3 rings (SSSR count). The summed E-state index contributed by atoms with van der Waals surface area (Å²) in [6.07, 6.45) is 3.96. The molecule has 114 valence electrons. The molecular weight excluding hydrogens is 270 g/mol. The van der Waals surface area contributed by atoms with Crippen molar-refractivity contribution in [3.05, 3.63) is 66.2 Å². The van der Waals surface area contributed by atoms with Crippen molar-refractivity contribution >= 4 is 11.4 Å². The Kier molecular flexibility index (Phi) is 5.22. The fraction of sp³-hybridized carbons (Fsp3) is 0.316. The predicted molar refractivity (Wildman–Crippen MR) is 93.3 cm³/mol. The van der Waals surface area contributed by atoms with Gasteiger partial charge in [-0.3, -0.25) is 10.3 Å². The fourth-order valence-electron chi connectivity index (χ4n) is 2.80. The van der Waals surface area contributed by atoms with Crippen molar-refractivity contribution in [3.63, 3.8) is 0 Å². The van der Waals surface area contributed by atoms with E-state index in [9.17, 15) is 0 Å². The van der Waals surface area contributed by atoms with Crippen LogP contribution in [0.15, 0.2) is 65.8 Å². The molecule has 0 aliphatic carbocycles. The zero-order valence-electron chi connectivity index (χ0n) is 12.9. The number of para-hydroxylation sites is 1. The Morgan fingerprint density at radius 1 is 0.864 bits per heavy atom. The summed E-state index contributed by atoms with van der Waals surface area (Å²) in [6, 6.07) is 20.6. The van der Waals surface area contributed by atoms with Gasteiger partial charge in [-0.2, -0.15) is 5.10 Å². The maximum Gasteiger partial charge on any atom is 0.0819 e. The number of hydrogen-bond donors (Lipinski definition) is 1. The van der Waals surface area contributed by atoms with Crippen molar-refractivity contribution in [2.45, 2.75) is 19.3 Å². The molecule has 1 heterocycles. The van der Waals surface area contributed by atoms with E-state index >= 15 is 0 Å². The van der Waals surface area contributed by atoms with Crippen LogP contribution in [0.25, 0.3) is 0 Å². The number of anilines is 1. The van der Waals surface area contributed by atoms with Gasteiger partial charge in [-0.25, -0.2) is 0 Å². The normalized spacial score (nSPS) is 16.5. The Morgan fingerprint density at radius 3 is 2.18 bits per heavy atom. The average Bonchev–Trinajstić information content (AvgIpc) is 2.61. The summed E-state index contributed by atoms with van der Waals surface area (Å²) >= 11 is 0. The number of piperidine rings is 1. The van der Waals surface area contributed by atoms with Gasteiger partial charge < -0.3 is 0 Å². The first-order valence-electron chi connectivity index (χ1n) is 8.07. The van der Waals surface area contributed by atoms with Crippen molar-refractivity contribution < 1.29 is 0 Å². The minimum atomic E-state index is 0.907. The van der Waals surface area contributed by atoms with E-state index in [1.165, 1.54) is 37.9 Å². The van der Waals surface area contributed by atoms with Crippen LogP contribution in [0.2, 0.25) is 0 Å². The van der Waals surface area contributed by atoms with E-state index in [-0.39, 0.29) is 0 Å². The molecule has 2 aromatic carbocycles. The lowest BCUT2D eigenvalue weighted by Crippen LogP contribution is -2.35. The molecule has 3 heteroatoms. The highest BCUT2D eigenvalue weighted by molar-refractivity contribution is 6.02. The molecule has 22 heavy (non-hydrogen) atoms. The molecule has 1 aliphatic rings. The fourth-order valence-corrected chi connectivity index (χ4v) is 2.80. The maximum absolute atomic E-state index is 4.68. The van der Waals surface area contributed by atoms with Crippen LogP contribution >= 0.6 is 0 Å². The highest BCUT2D eigenvalue weighted by atomic mass is 15.3. The lowest BCUT2D eigenvalue weighted by molar-refractivity contribution is 0.258. The minimum absolute atomic E-state index is 0.907. The third kappa shape index (κ3) is 4.18. The molecule has 0 saturated carbocycles. The van der Waals surface area contributed by atoms with E-state index in [0.717, 1.165) is 17.9 Å². The largest absolute Gasteiger partial charge is 0.297 e. The van der Waals surface area contributed by atoms with Crippen LogP contribution in [-0.4, -0.2) is 30.2 Å². The van der Waals surface area contributed by atoms with E-state index in [1.54, 1.807) is 0 Å². The minimum Gasteiger partial charge on any atom is -0.297 e. The van der Waals surface area contributed by atoms with Gasteiger partial charge in [-0.05, 0) is 43.6 Å². The first-order valence-corrected chi connectivity index (χ1v) is 8.07. The molecule has 0 spiro atoms. The Balaban J connectivity index is 1.76. The topological polar surface area (TPSA) is 27.6 Å². The molecule has 3 nitrogen and oxygen atoms in total. The smallest absolute Gasteiger partial charge is 0.0819 e. The maximum atomic E-state index is 4.68. The van der Waals surface area contributed by atoms with E-state index in [4.69, 9.17) is 0 Å². The predicted octanol–water partition coefficient (Wildman–Crippen LogP) is 3.99. The van der Waals surface area contributed by atoms with Crippen LogP contribution in [0, 0.1) is 0 Å². The molecule has 1 fully saturated rings. The van der Waals surface area contributed by atoms with Crippen LogP contribution in [0.1, 0.15) is 24.8 Å². The number of nitrogens with zero attached hydrogens (tertiary/aromatic N) is 2. The van der Waals surface area contributed by atoms with Gasteiger partial charge in [0.25, 0.3) is 0 Å². The van der Waals surface area contributed by atoms with Crippen LogP contribution < -0.4 is 5.43 Å².